The molecule has 25 heavy (non-hydrogen) atoms. The number of rotatable bonds is 6. The Hall–Kier alpha value is -1.96. The average molecular weight is 362 g/mol. The third-order valence-corrected chi connectivity index (χ3v) is 6.25. The van der Waals surface area contributed by atoms with Crippen molar-refractivity contribution in [3.05, 3.63) is 54.2 Å². The average Bonchev–Trinajstić information content (AvgIpc) is 2.68. The number of morpholine rings is 1. The molecule has 1 atom stereocenters. The van der Waals surface area contributed by atoms with Crippen LogP contribution in [-0.2, 0) is 14.8 Å². The molecule has 0 saturated carbocycles. The number of hydrogen-bond donors (Lipinski definition) is 1. The number of nitrogens with one attached hydrogen (secondary N) is 2. The molecule has 0 unspecified atom stereocenters. The van der Waals surface area contributed by atoms with Gasteiger partial charge in [0, 0.05) is 25.1 Å². The number of aromatic amines is 1. The molecule has 0 radical (unpaired) electrons. The molecule has 0 bridgehead atoms. The van der Waals surface area contributed by atoms with Gasteiger partial charge in [0.2, 0.25) is 10.0 Å². The number of aromatic nitrogens is 1. The second-order valence-electron chi connectivity index (χ2n) is 6.15. The number of H-pyrrole nitrogens is 1. The summed E-state index contributed by atoms with van der Waals surface area (Å²) in [6.07, 6.45) is 1.54. The van der Waals surface area contributed by atoms with Gasteiger partial charge in [0.05, 0.1) is 19.8 Å². The summed E-state index contributed by atoms with van der Waals surface area (Å²) in [4.78, 5) is 3.31. The van der Waals surface area contributed by atoms with E-state index in [0.717, 1.165) is 12.4 Å². The topological polar surface area (TPSA) is 72.8 Å². The molecule has 0 amide bonds. The summed E-state index contributed by atoms with van der Waals surface area (Å²) in [5.41, 5.74) is 1.27. The van der Waals surface area contributed by atoms with Crippen molar-refractivity contribution < 1.29 is 18.1 Å². The smallest absolute Gasteiger partial charge is 0.272 e. The summed E-state index contributed by atoms with van der Waals surface area (Å²) < 4.78 is 31.8. The van der Waals surface area contributed by atoms with E-state index in [4.69, 9.17) is 4.74 Å². The molecular weight excluding hydrogens is 338 g/mol. The minimum absolute atomic E-state index is 0.274. The van der Waals surface area contributed by atoms with Gasteiger partial charge in [-0.15, -0.1) is 0 Å². The fourth-order valence-electron chi connectivity index (χ4n) is 2.78. The zero-order valence-electron chi connectivity index (χ0n) is 14.3. The Labute approximate surface area is 148 Å². The molecule has 1 aliphatic rings. The van der Waals surface area contributed by atoms with Crippen molar-refractivity contribution in [2.45, 2.75) is 17.7 Å². The van der Waals surface area contributed by atoms with Gasteiger partial charge >= 0.3 is 0 Å². The number of benzene rings is 1. The third-order valence-electron chi connectivity index (χ3n) is 4.36. The van der Waals surface area contributed by atoms with Crippen LogP contribution in [-0.4, -0.2) is 45.6 Å². The molecule has 7 heteroatoms. The van der Waals surface area contributed by atoms with Crippen LogP contribution >= 0.6 is 0 Å². The Balaban J connectivity index is 1.62. The van der Waals surface area contributed by atoms with E-state index in [1.165, 1.54) is 9.87 Å². The van der Waals surface area contributed by atoms with E-state index < -0.39 is 10.0 Å². The molecule has 2 heterocycles. The van der Waals surface area contributed by atoms with Crippen LogP contribution < -0.4 is 10.3 Å². The van der Waals surface area contributed by atoms with Crippen LogP contribution in [0.3, 0.4) is 0 Å². The van der Waals surface area contributed by atoms with Crippen molar-refractivity contribution in [2.24, 2.45) is 0 Å². The Morgan fingerprint density at radius 2 is 1.88 bits per heavy atom. The van der Waals surface area contributed by atoms with Crippen LogP contribution in [0, 0.1) is 0 Å². The van der Waals surface area contributed by atoms with Crippen LogP contribution in [0.5, 0.6) is 0 Å². The molecule has 6 nitrogen and oxygen atoms in total. The minimum atomic E-state index is -3.46. The summed E-state index contributed by atoms with van der Waals surface area (Å²) in [7, 11) is -3.46. The fraction of sp³-hybridized carbons (Fsp3) is 0.389. The summed E-state index contributed by atoms with van der Waals surface area (Å²) in [6.45, 7) is 4.60. The molecule has 1 fully saturated rings. The first-order chi connectivity index (χ1) is 12.1. The van der Waals surface area contributed by atoms with E-state index in [1.807, 2.05) is 18.2 Å². The standard InChI is InChI=1S/C18H23N3O3S/c1-15(16-5-3-2-4-6-16)13-19-18-8-7-17(14-20-18)25(22,23)21-9-11-24-12-10-21/h2-8,14-15H,9-13H2,1H3,(H,19,20)/p+1/t15-/m1/s1. The lowest BCUT2D eigenvalue weighted by Crippen LogP contribution is -2.40. The van der Waals surface area contributed by atoms with Crippen molar-refractivity contribution in [1.82, 2.24) is 4.31 Å². The highest BCUT2D eigenvalue weighted by atomic mass is 32.2. The van der Waals surface area contributed by atoms with Crippen molar-refractivity contribution in [1.29, 1.82) is 0 Å². The third kappa shape index (κ3) is 4.36. The van der Waals surface area contributed by atoms with Gasteiger partial charge in [-0.2, -0.15) is 4.31 Å². The predicted molar refractivity (Wildman–Crippen MR) is 95.9 cm³/mol. The number of hydrogen-bond acceptors (Lipinski definition) is 4. The second kappa shape index (κ2) is 7.95. The maximum atomic E-state index is 12.6. The Bertz CT molecular complexity index is 773. The molecule has 3 rings (SSSR count). The first-order valence-corrected chi connectivity index (χ1v) is 9.90. The van der Waals surface area contributed by atoms with E-state index in [1.54, 1.807) is 18.3 Å². The van der Waals surface area contributed by atoms with Crippen molar-refractivity contribution in [3.8, 4) is 0 Å². The van der Waals surface area contributed by atoms with Gasteiger partial charge in [-0.25, -0.2) is 13.4 Å². The van der Waals surface area contributed by atoms with Crippen LogP contribution in [0.4, 0.5) is 5.82 Å². The van der Waals surface area contributed by atoms with E-state index in [9.17, 15) is 8.42 Å². The van der Waals surface area contributed by atoms with Gasteiger partial charge in [-0.1, -0.05) is 37.3 Å². The first-order valence-electron chi connectivity index (χ1n) is 8.46. The van der Waals surface area contributed by atoms with Gasteiger partial charge in [0.1, 0.15) is 11.1 Å². The molecular formula is C18H24N3O3S+. The van der Waals surface area contributed by atoms with Crippen LogP contribution in [0.2, 0.25) is 0 Å². The Morgan fingerprint density at radius 1 is 1.16 bits per heavy atom. The zero-order chi connectivity index (χ0) is 17.7. The van der Waals surface area contributed by atoms with E-state index in [0.29, 0.717) is 32.2 Å². The molecule has 2 aromatic rings. The SMILES string of the molecule is C[C@H](CNc1ccc(S(=O)(=O)N2CCOCC2)c[nH+]1)c1ccccc1. The fourth-order valence-corrected chi connectivity index (χ4v) is 4.16. The monoisotopic (exact) mass is 362 g/mol. The van der Waals surface area contributed by atoms with E-state index in [-0.39, 0.29) is 4.90 Å². The summed E-state index contributed by atoms with van der Waals surface area (Å²) >= 11 is 0. The van der Waals surface area contributed by atoms with Gasteiger partial charge in [-0.05, 0) is 11.6 Å². The van der Waals surface area contributed by atoms with Gasteiger partial charge in [0.15, 0.2) is 0 Å². The van der Waals surface area contributed by atoms with Crippen LogP contribution in [0.25, 0.3) is 0 Å². The maximum absolute atomic E-state index is 12.6. The van der Waals surface area contributed by atoms with Crippen molar-refractivity contribution in [2.75, 3.05) is 38.2 Å². The maximum Gasteiger partial charge on any atom is 0.272 e. The first kappa shape index (κ1) is 17.8. The number of anilines is 1. The molecule has 1 aliphatic heterocycles. The summed E-state index contributed by atoms with van der Waals surface area (Å²) in [6, 6.07) is 13.7. The number of nitrogens with zero attached hydrogens (tertiary/aromatic N) is 1. The lowest BCUT2D eigenvalue weighted by atomic mass is 10.0. The molecule has 1 aromatic heterocycles. The van der Waals surface area contributed by atoms with Crippen molar-refractivity contribution in [3.63, 3.8) is 0 Å². The Morgan fingerprint density at radius 3 is 2.52 bits per heavy atom. The second-order valence-corrected chi connectivity index (χ2v) is 8.09. The van der Waals surface area contributed by atoms with Crippen LogP contribution in [0.15, 0.2) is 53.6 Å². The predicted octanol–water partition coefficient (Wildman–Crippen LogP) is 1.74. The number of ether oxygens (including phenoxy) is 1. The normalized spacial score (nSPS) is 17.2. The van der Waals surface area contributed by atoms with Crippen LogP contribution in [0.1, 0.15) is 18.4 Å². The highest BCUT2D eigenvalue weighted by Gasteiger charge is 2.27. The van der Waals surface area contributed by atoms with Gasteiger partial charge < -0.3 is 4.74 Å². The minimum Gasteiger partial charge on any atom is -0.379 e. The van der Waals surface area contributed by atoms with E-state index in [2.05, 4.69) is 29.4 Å². The van der Waals surface area contributed by atoms with Gasteiger partial charge in [0.25, 0.3) is 5.82 Å². The number of sulfonamides is 1. The molecule has 1 aromatic carbocycles. The number of pyridine rings is 1. The lowest BCUT2D eigenvalue weighted by Gasteiger charge is -2.25. The molecule has 2 N–H and O–H groups in total. The molecule has 0 aliphatic carbocycles. The quantitative estimate of drug-likeness (QED) is 0.849. The largest absolute Gasteiger partial charge is 0.379 e. The lowest BCUT2D eigenvalue weighted by molar-refractivity contribution is -0.364. The highest BCUT2D eigenvalue weighted by molar-refractivity contribution is 7.89. The summed E-state index contributed by atoms with van der Waals surface area (Å²) in [5, 5.41) is 3.32. The molecule has 134 valence electrons. The zero-order valence-corrected chi connectivity index (χ0v) is 15.1. The summed E-state index contributed by atoms with van der Waals surface area (Å²) in [5.74, 6) is 1.15. The van der Waals surface area contributed by atoms with E-state index >= 15 is 0 Å². The van der Waals surface area contributed by atoms with Crippen molar-refractivity contribution >= 4 is 15.8 Å². The van der Waals surface area contributed by atoms with Gasteiger partial charge in [-0.3, -0.25) is 5.32 Å². The molecule has 1 saturated heterocycles. The molecule has 0 spiro atoms. The highest BCUT2D eigenvalue weighted by Crippen LogP contribution is 2.17. The Kier molecular flexibility index (Phi) is 5.67.